The second-order valence-electron chi connectivity index (χ2n) is 6.13. The lowest BCUT2D eigenvalue weighted by molar-refractivity contribution is 0.0175. The summed E-state index contributed by atoms with van der Waals surface area (Å²) in [6.07, 6.45) is 1.85. The van der Waals surface area contributed by atoms with Crippen LogP contribution in [0, 0.1) is 5.82 Å². The zero-order chi connectivity index (χ0) is 17.6. The minimum absolute atomic E-state index is 0.0461. The first-order valence-electron chi connectivity index (χ1n) is 7.94. The summed E-state index contributed by atoms with van der Waals surface area (Å²) in [6, 6.07) is 14.8. The zero-order valence-electron chi connectivity index (χ0n) is 13.5. The molecule has 0 bridgehead atoms. The van der Waals surface area contributed by atoms with Crippen LogP contribution >= 0.6 is 0 Å². The fourth-order valence-corrected chi connectivity index (χ4v) is 3.11. The van der Waals surface area contributed by atoms with Gasteiger partial charge in [0.15, 0.2) is 0 Å². The zero-order valence-corrected chi connectivity index (χ0v) is 13.5. The van der Waals surface area contributed by atoms with E-state index in [2.05, 4.69) is 4.99 Å². The summed E-state index contributed by atoms with van der Waals surface area (Å²) in [5, 5.41) is 0. The van der Waals surface area contributed by atoms with Gasteiger partial charge in [0.1, 0.15) is 5.82 Å². The van der Waals surface area contributed by atoms with Crippen molar-refractivity contribution < 1.29 is 13.2 Å². The molecule has 2 aromatic carbocycles. The molecule has 0 radical (unpaired) electrons. The highest BCUT2D eigenvalue weighted by Crippen LogP contribution is 2.29. The third kappa shape index (κ3) is 2.65. The van der Waals surface area contributed by atoms with Gasteiger partial charge in [-0.3, -0.25) is 4.99 Å². The molecule has 126 valence electrons. The topological polar surface area (TPSA) is 17.3 Å². The molecule has 2 nitrogen and oxygen atoms in total. The Balaban J connectivity index is 1.84. The minimum atomic E-state index is -2.89. The van der Waals surface area contributed by atoms with Crippen LogP contribution in [0.2, 0.25) is 0 Å². The first-order chi connectivity index (χ1) is 11.9. The predicted octanol–water partition coefficient (Wildman–Crippen LogP) is 5.08. The molecule has 1 aliphatic heterocycles. The number of halogens is 3. The number of aromatic nitrogens is 1. The van der Waals surface area contributed by atoms with Gasteiger partial charge < -0.3 is 4.57 Å². The number of nitrogens with zero attached hydrogens (tertiary/aromatic N) is 2. The van der Waals surface area contributed by atoms with Gasteiger partial charge in [0, 0.05) is 29.8 Å². The number of rotatable bonds is 2. The Kier molecular flexibility index (Phi) is 3.53. The Labute approximate surface area is 143 Å². The van der Waals surface area contributed by atoms with Crippen LogP contribution in [-0.4, -0.2) is 10.3 Å². The van der Waals surface area contributed by atoms with Crippen LogP contribution in [0.15, 0.2) is 65.8 Å². The quantitative estimate of drug-likeness (QED) is 0.619. The third-order valence-corrected chi connectivity index (χ3v) is 4.41. The standard InChI is InChI=1S/C20H15F3N2/c1-20(22,23)14-9-7-13(8-10-14)19-18-6-3-11-25(18)17-5-2-4-16(21)15(17)12-24-19/h2-11H,12H2,1H3. The predicted molar refractivity (Wildman–Crippen MR) is 91.1 cm³/mol. The van der Waals surface area contributed by atoms with Gasteiger partial charge in [-0.1, -0.05) is 30.3 Å². The molecule has 0 saturated heterocycles. The highest BCUT2D eigenvalue weighted by atomic mass is 19.3. The van der Waals surface area contributed by atoms with Crippen molar-refractivity contribution in [3.05, 3.63) is 89.0 Å². The van der Waals surface area contributed by atoms with Crippen molar-refractivity contribution in [3.63, 3.8) is 0 Å². The van der Waals surface area contributed by atoms with E-state index < -0.39 is 5.92 Å². The van der Waals surface area contributed by atoms with Gasteiger partial charge in [-0.05, 0) is 24.3 Å². The molecule has 1 aromatic heterocycles. The average Bonchev–Trinajstić information content (AvgIpc) is 2.99. The molecular formula is C20H15F3N2. The Bertz CT molecular complexity index is 963. The van der Waals surface area contributed by atoms with Crippen molar-refractivity contribution in [2.24, 2.45) is 4.99 Å². The van der Waals surface area contributed by atoms with Gasteiger partial charge in [-0.15, -0.1) is 0 Å². The number of alkyl halides is 2. The molecule has 1 aliphatic rings. The summed E-state index contributed by atoms with van der Waals surface area (Å²) in [4.78, 5) is 4.57. The summed E-state index contributed by atoms with van der Waals surface area (Å²) in [6.45, 7) is 1.07. The smallest absolute Gasteiger partial charge is 0.270 e. The van der Waals surface area contributed by atoms with Gasteiger partial charge in [0.25, 0.3) is 5.92 Å². The molecule has 0 atom stereocenters. The molecule has 5 heteroatoms. The van der Waals surface area contributed by atoms with Gasteiger partial charge in [0.05, 0.1) is 23.6 Å². The lowest BCUT2D eigenvalue weighted by Gasteiger charge is -2.13. The summed E-state index contributed by atoms with van der Waals surface area (Å²) in [5.41, 5.74) is 3.41. The number of hydrogen-bond acceptors (Lipinski definition) is 1. The minimum Gasteiger partial charge on any atom is -0.315 e. The maximum atomic E-state index is 14.2. The number of aliphatic imine (C=N–C) groups is 1. The normalized spacial score (nSPS) is 13.7. The Morgan fingerprint density at radius 3 is 2.48 bits per heavy atom. The second kappa shape index (κ2) is 5.62. The van der Waals surface area contributed by atoms with E-state index in [0.717, 1.165) is 23.9 Å². The Hall–Kier alpha value is -2.82. The fraction of sp³-hybridized carbons (Fsp3) is 0.150. The molecular weight excluding hydrogens is 325 g/mol. The van der Waals surface area contributed by atoms with E-state index in [9.17, 15) is 13.2 Å². The molecule has 0 N–H and O–H groups in total. The molecule has 0 spiro atoms. The molecule has 0 aliphatic carbocycles. The lowest BCUT2D eigenvalue weighted by Crippen LogP contribution is -2.10. The van der Waals surface area contributed by atoms with Gasteiger partial charge in [-0.25, -0.2) is 13.2 Å². The second-order valence-corrected chi connectivity index (χ2v) is 6.13. The first kappa shape index (κ1) is 15.7. The maximum Gasteiger partial charge on any atom is 0.270 e. The van der Waals surface area contributed by atoms with Crippen LogP contribution in [0.5, 0.6) is 0 Å². The van der Waals surface area contributed by atoms with Crippen LogP contribution in [-0.2, 0) is 12.5 Å². The third-order valence-electron chi connectivity index (χ3n) is 4.41. The van der Waals surface area contributed by atoms with Gasteiger partial charge >= 0.3 is 0 Å². The summed E-state index contributed by atoms with van der Waals surface area (Å²) >= 11 is 0. The van der Waals surface area contributed by atoms with E-state index in [1.54, 1.807) is 18.2 Å². The van der Waals surface area contributed by atoms with E-state index in [0.29, 0.717) is 11.3 Å². The Morgan fingerprint density at radius 2 is 1.76 bits per heavy atom. The van der Waals surface area contributed by atoms with E-state index in [-0.39, 0.29) is 17.9 Å². The molecule has 2 heterocycles. The molecule has 0 amide bonds. The SMILES string of the molecule is CC(F)(F)c1ccc(C2=NCc3c(F)cccc3-n3cccc32)cc1. The van der Waals surface area contributed by atoms with Crippen molar-refractivity contribution in [1.82, 2.24) is 4.57 Å². The van der Waals surface area contributed by atoms with E-state index in [4.69, 9.17) is 0 Å². The number of fused-ring (bicyclic) bond motifs is 3. The molecule has 0 saturated carbocycles. The van der Waals surface area contributed by atoms with Crippen LogP contribution < -0.4 is 0 Å². The molecule has 3 aromatic rings. The number of benzene rings is 2. The van der Waals surface area contributed by atoms with Crippen molar-refractivity contribution in [2.45, 2.75) is 19.4 Å². The summed E-state index contributed by atoms with van der Waals surface area (Å²) < 4.78 is 42.9. The highest BCUT2D eigenvalue weighted by Gasteiger charge is 2.25. The first-order valence-corrected chi connectivity index (χ1v) is 7.94. The summed E-state index contributed by atoms with van der Waals surface area (Å²) in [7, 11) is 0. The van der Waals surface area contributed by atoms with Crippen LogP contribution in [0.1, 0.15) is 29.3 Å². The monoisotopic (exact) mass is 340 g/mol. The van der Waals surface area contributed by atoms with Gasteiger partial charge in [-0.2, -0.15) is 0 Å². The highest BCUT2D eigenvalue weighted by molar-refractivity contribution is 6.12. The molecule has 0 fully saturated rings. The van der Waals surface area contributed by atoms with E-state index in [1.165, 1.54) is 18.2 Å². The maximum absolute atomic E-state index is 14.2. The number of hydrogen-bond donors (Lipinski definition) is 0. The van der Waals surface area contributed by atoms with E-state index >= 15 is 0 Å². The molecule has 0 unspecified atom stereocenters. The van der Waals surface area contributed by atoms with Crippen molar-refractivity contribution >= 4 is 5.71 Å². The summed E-state index contributed by atoms with van der Waals surface area (Å²) in [5.74, 6) is -3.19. The molecule has 4 rings (SSSR count). The van der Waals surface area contributed by atoms with Crippen molar-refractivity contribution in [3.8, 4) is 5.69 Å². The fourth-order valence-electron chi connectivity index (χ4n) is 3.11. The largest absolute Gasteiger partial charge is 0.315 e. The van der Waals surface area contributed by atoms with Crippen LogP contribution in [0.3, 0.4) is 0 Å². The van der Waals surface area contributed by atoms with E-state index in [1.807, 2.05) is 29.0 Å². The van der Waals surface area contributed by atoms with Crippen LogP contribution in [0.25, 0.3) is 5.69 Å². The van der Waals surface area contributed by atoms with Gasteiger partial charge in [0.2, 0.25) is 0 Å². The lowest BCUT2D eigenvalue weighted by atomic mass is 10.0. The van der Waals surface area contributed by atoms with Crippen LogP contribution in [0.4, 0.5) is 13.2 Å². The Morgan fingerprint density at radius 1 is 1.00 bits per heavy atom. The average molecular weight is 340 g/mol. The van der Waals surface area contributed by atoms with Crippen molar-refractivity contribution in [1.29, 1.82) is 0 Å². The van der Waals surface area contributed by atoms with Crippen molar-refractivity contribution in [2.75, 3.05) is 0 Å². The molecule has 25 heavy (non-hydrogen) atoms.